The summed E-state index contributed by atoms with van der Waals surface area (Å²) in [6.45, 7) is 0.508. The van der Waals surface area contributed by atoms with Crippen molar-refractivity contribution in [1.82, 2.24) is 0 Å². The molecule has 0 aliphatic rings. The summed E-state index contributed by atoms with van der Waals surface area (Å²) in [5.74, 6) is 2.13. The number of halogens is 2. The lowest BCUT2D eigenvalue weighted by Gasteiger charge is -2.09. The van der Waals surface area contributed by atoms with E-state index < -0.39 is 0 Å². The zero-order chi connectivity index (χ0) is 13.7. The molecule has 2 rings (SSSR count). The highest BCUT2D eigenvalue weighted by Gasteiger charge is 2.02. The third kappa shape index (κ3) is 3.88. The molecule has 0 spiro atoms. The molecule has 0 bridgehead atoms. The first kappa shape index (κ1) is 14.2. The molecule has 2 nitrogen and oxygen atoms in total. The zero-order valence-electron chi connectivity index (χ0n) is 10.5. The quantitative estimate of drug-likeness (QED) is 0.729. The number of ether oxygens (including phenoxy) is 2. The Hall–Kier alpha value is -1.19. The van der Waals surface area contributed by atoms with Gasteiger partial charge in [-0.05, 0) is 51.3 Å². The third-order valence-electron chi connectivity index (χ3n) is 2.67. The van der Waals surface area contributed by atoms with Crippen LogP contribution in [0.4, 0.5) is 0 Å². The highest BCUT2D eigenvalue weighted by Crippen LogP contribution is 2.26. The first-order valence-corrected chi connectivity index (χ1v) is 7.16. The lowest BCUT2D eigenvalue weighted by Crippen LogP contribution is -1.96. The maximum atomic E-state index is 5.79. The van der Waals surface area contributed by atoms with Crippen LogP contribution in [0.25, 0.3) is 0 Å². The predicted molar refractivity (Wildman–Crippen MR) is 81.0 cm³/mol. The first-order valence-electron chi connectivity index (χ1n) is 5.83. The minimum atomic E-state index is 0.491. The number of rotatable bonds is 5. The average molecular weight is 342 g/mol. The van der Waals surface area contributed by atoms with Crippen LogP contribution >= 0.6 is 27.5 Å². The van der Waals surface area contributed by atoms with Crippen LogP contribution < -0.4 is 9.47 Å². The molecule has 0 amide bonds. The van der Waals surface area contributed by atoms with E-state index in [1.165, 1.54) is 0 Å². The van der Waals surface area contributed by atoms with E-state index in [1.54, 1.807) is 7.11 Å². The van der Waals surface area contributed by atoms with Crippen LogP contribution in [0.5, 0.6) is 11.5 Å². The van der Waals surface area contributed by atoms with E-state index in [9.17, 15) is 0 Å². The first-order chi connectivity index (χ1) is 9.22. The second kappa shape index (κ2) is 6.83. The van der Waals surface area contributed by atoms with Crippen LogP contribution in [0.2, 0.25) is 0 Å². The van der Waals surface area contributed by atoms with Crippen molar-refractivity contribution in [2.45, 2.75) is 12.5 Å². The number of hydrogen-bond donors (Lipinski definition) is 0. The van der Waals surface area contributed by atoms with Gasteiger partial charge in [0.1, 0.15) is 18.1 Å². The fourth-order valence-corrected chi connectivity index (χ4v) is 2.44. The van der Waals surface area contributed by atoms with Gasteiger partial charge in [0.05, 0.1) is 11.6 Å². The Kier molecular flexibility index (Phi) is 5.11. The standard InChI is InChI=1S/C15H14BrClO2/c1-18-15-6-5-12(8-14(15)16)10-19-13-4-2-3-11(7-13)9-17/h2-8H,9-10H2,1H3. The highest BCUT2D eigenvalue weighted by atomic mass is 79.9. The van der Waals surface area contributed by atoms with E-state index in [0.29, 0.717) is 12.5 Å². The topological polar surface area (TPSA) is 18.5 Å². The summed E-state index contributed by atoms with van der Waals surface area (Å²) in [6, 6.07) is 13.7. The molecule has 0 atom stereocenters. The molecule has 0 unspecified atom stereocenters. The summed E-state index contributed by atoms with van der Waals surface area (Å²) < 4.78 is 11.9. The molecule has 0 aliphatic heterocycles. The summed E-state index contributed by atoms with van der Waals surface area (Å²) in [7, 11) is 1.65. The van der Waals surface area contributed by atoms with Crippen LogP contribution in [-0.2, 0) is 12.5 Å². The van der Waals surface area contributed by atoms with Gasteiger partial charge in [0.2, 0.25) is 0 Å². The van der Waals surface area contributed by atoms with Gasteiger partial charge in [0, 0.05) is 5.88 Å². The molecule has 0 saturated heterocycles. The van der Waals surface area contributed by atoms with Gasteiger partial charge in [-0.25, -0.2) is 0 Å². The van der Waals surface area contributed by atoms with E-state index >= 15 is 0 Å². The molecular weight excluding hydrogens is 328 g/mol. The Bertz CT molecular complexity index is 558. The molecular formula is C15H14BrClO2. The largest absolute Gasteiger partial charge is 0.496 e. The van der Waals surface area contributed by atoms with E-state index in [2.05, 4.69) is 15.9 Å². The number of alkyl halides is 1. The fourth-order valence-electron chi connectivity index (χ4n) is 1.68. The van der Waals surface area contributed by atoms with Crippen molar-refractivity contribution >= 4 is 27.5 Å². The molecule has 0 N–H and O–H groups in total. The second-order valence-electron chi connectivity index (χ2n) is 4.04. The minimum absolute atomic E-state index is 0.491. The Morgan fingerprint density at radius 1 is 1.11 bits per heavy atom. The van der Waals surface area contributed by atoms with Gasteiger partial charge < -0.3 is 9.47 Å². The summed E-state index contributed by atoms with van der Waals surface area (Å²) in [5, 5.41) is 0. The number of hydrogen-bond acceptors (Lipinski definition) is 2. The van der Waals surface area contributed by atoms with Crippen LogP contribution in [0.3, 0.4) is 0 Å². The Labute approximate surface area is 126 Å². The van der Waals surface area contributed by atoms with Gasteiger partial charge in [-0.15, -0.1) is 11.6 Å². The summed E-state index contributed by atoms with van der Waals surface area (Å²) in [6.07, 6.45) is 0. The second-order valence-corrected chi connectivity index (χ2v) is 5.16. The Morgan fingerprint density at radius 3 is 2.63 bits per heavy atom. The molecule has 0 radical (unpaired) electrons. The lowest BCUT2D eigenvalue weighted by atomic mass is 10.2. The predicted octanol–water partition coefficient (Wildman–Crippen LogP) is 4.78. The molecule has 0 aliphatic carbocycles. The average Bonchev–Trinajstić information content (AvgIpc) is 2.45. The van der Waals surface area contributed by atoms with Gasteiger partial charge in [-0.1, -0.05) is 18.2 Å². The van der Waals surface area contributed by atoms with Crippen molar-refractivity contribution in [3.63, 3.8) is 0 Å². The summed E-state index contributed by atoms with van der Waals surface area (Å²) in [5.41, 5.74) is 2.12. The molecule has 0 fully saturated rings. The SMILES string of the molecule is COc1ccc(COc2cccc(CCl)c2)cc1Br. The van der Waals surface area contributed by atoms with Crippen molar-refractivity contribution in [1.29, 1.82) is 0 Å². The lowest BCUT2D eigenvalue weighted by molar-refractivity contribution is 0.305. The minimum Gasteiger partial charge on any atom is -0.496 e. The van der Waals surface area contributed by atoms with Gasteiger partial charge >= 0.3 is 0 Å². The maximum Gasteiger partial charge on any atom is 0.133 e. The number of methoxy groups -OCH3 is 1. The van der Waals surface area contributed by atoms with Gasteiger partial charge in [0.25, 0.3) is 0 Å². The summed E-state index contributed by atoms with van der Waals surface area (Å²) >= 11 is 9.25. The molecule has 4 heteroatoms. The highest BCUT2D eigenvalue weighted by molar-refractivity contribution is 9.10. The fraction of sp³-hybridized carbons (Fsp3) is 0.200. The smallest absolute Gasteiger partial charge is 0.133 e. The molecule has 0 heterocycles. The van der Waals surface area contributed by atoms with Crippen LogP contribution in [0.15, 0.2) is 46.9 Å². The maximum absolute atomic E-state index is 5.79. The zero-order valence-corrected chi connectivity index (χ0v) is 12.9. The van der Waals surface area contributed by atoms with Gasteiger partial charge in [0.15, 0.2) is 0 Å². The van der Waals surface area contributed by atoms with Crippen molar-refractivity contribution in [2.75, 3.05) is 7.11 Å². The van der Waals surface area contributed by atoms with Crippen molar-refractivity contribution in [2.24, 2.45) is 0 Å². The van der Waals surface area contributed by atoms with E-state index in [0.717, 1.165) is 27.1 Å². The Morgan fingerprint density at radius 2 is 1.95 bits per heavy atom. The van der Waals surface area contributed by atoms with Gasteiger partial charge in [-0.3, -0.25) is 0 Å². The number of benzene rings is 2. The van der Waals surface area contributed by atoms with E-state index in [-0.39, 0.29) is 0 Å². The molecule has 2 aromatic rings. The van der Waals surface area contributed by atoms with E-state index in [4.69, 9.17) is 21.1 Å². The van der Waals surface area contributed by atoms with Crippen molar-refractivity contribution in [3.05, 3.63) is 58.1 Å². The van der Waals surface area contributed by atoms with Crippen LogP contribution in [0.1, 0.15) is 11.1 Å². The Balaban J connectivity index is 2.03. The molecule has 0 saturated carbocycles. The monoisotopic (exact) mass is 340 g/mol. The van der Waals surface area contributed by atoms with Crippen LogP contribution in [0, 0.1) is 0 Å². The molecule has 100 valence electrons. The summed E-state index contributed by atoms with van der Waals surface area (Å²) in [4.78, 5) is 0. The normalized spacial score (nSPS) is 10.3. The molecule has 0 aromatic heterocycles. The molecule has 2 aromatic carbocycles. The van der Waals surface area contributed by atoms with Crippen LogP contribution in [-0.4, -0.2) is 7.11 Å². The van der Waals surface area contributed by atoms with Crippen molar-refractivity contribution < 1.29 is 9.47 Å². The molecule has 19 heavy (non-hydrogen) atoms. The van der Waals surface area contributed by atoms with E-state index in [1.807, 2.05) is 42.5 Å². The third-order valence-corrected chi connectivity index (χ3v) is 3.60. The van der Waals surface area contributed by atoms with Crippen molar-refractivity contribution in [3.8, 4) is 11.5 Å². The van der Waals surface area contributed by atoms with Gasteiger partial charge in [-0.2, -0.15) is 0 Å².